The van der Waals surface area contributed by atoms with Crippen molar-refractivity contribution < 1.29 is 22.0 Å². The predicted octanol–water partition coefficient (Wildman–Crippen LogP) is 3.80. The minimum Gasteiger partial charge on any atom is -0.241 e. The number of hydrogen-bond donors (Lipinski definition) is 0. The van der Waals surface area contributed by atoms with Crippen LogP contribution in [0, 0.1) is 11.3 Å². The average Bonchev–Trinajstić information content (AvgIpc) is 2.25. The number of nitriles is 1. The van der Waals surface area contributed by atoms with Crippen molar-refractivity contribution in [2.75, 3.05) is 0 Å². The minimum absolute atomic E-state index is 0.229. The lowest BCUT2D eigenvalue weighted by molar-refractivity contribution is -0.142. The molecule has 0 amide bonds. The van der Waals surface area contributed by atoms with E-state index >= 15 is 0 Å². The number of hydrogen-bond acceptors (Lipinski definition) is 2. The molecule has 0 saturated heterocycles. The monoisotopic (exact) mass is 314 g/mol. The summed E-state index contributed by atoms with van der Waals surface area (Å²) >= 11 is 2.79. The fourth-order valence-electron chi connectivity index (χ4n) is 1.17. The lowest BCUT2D eigenvalue weighted by Crippen LogP contribution is -2.14. The molecule has 0 aromatic carbocycles. The fraction of sp³-hybridized carbons (Fsp3) is 0.333. The van der Waals surface area contributed by atoms with E-state index < -0.39 is 29.6 Å². The first kappa shape index (κ1) is 13.8. The first-order valence-corrected chi connectivity index (χ1v) is 5.28. The summed E-state index contributed by atoms with van der Waals surface area (Å²) in [5.74, 6) is 0. The molecule has 1 rings (SSSR count). The van der Waals surface area contributed by atoms with E-state index in [0.717, 1.165) is 6.07 Å². The molecule has 1 aromatic rings. The molecule has 1 aromatic heterocycles. The normalized spacial score (nSPS) is 11.6. The zero-order valence-electron chi connectivity index (χ0n) is 8.02. The van der Waals surface area contributed by atoms with Gasteiger partial charge in [0.2, 0.25) is 0 Å². The van der Waals surface area contributed by atoms with E-state index in [4.69, 9.17) is 5.26 Å². The van der Waals surface area contributed by atoms with Gasteiger partial charge < -0.3 is 0 Å². The van der Waals surface area contributed by atoms with Crippen LogP contribution in [0.25, 0.3) is 0 Å². The molecule has 0 spiro atoms. The van der Waals surface area contributed by atoms with Gasteiger partial charge in [0, 0.05) is 5.33 Å². The maximum atomic E-state index is 12.5. The van der Waals surface area contributed by atoms with Gasteiger partial charge in [-0.1, -0.05) is 15.9 Å². The van der Waals surface area contributed by atoms with E-state index in [2.05, 4.69) is 20.9 Å². The topological polar surface area (TPSA) is 36.7 Å². The van der Waals surface area contributed by atoms with Gasteiger partial charge in [0.05, 0.1) is 5.56 Å². The third-order valence-electron chi connectivity index (χ3n) is 1.87. The van der Waals surface area contributed by atoms with Crippen molar-refractivity contribution in [1.82, 2.24) is 4.98 Å². The molecule has 0 N–H and O–H groups in total. The summed E-state index contributed by atoms with van der Waals surface area (Å²) in [6.07, 6.45) is -8.06. The van der Waals surface area contributed by atoms with Gasteiger partial charge in [-0.25, -0.2) is 13.8 Å². The molecule has 0 aliphatic rings. The molecular weight excluding hydrogens is 311 g/mol. The molecule has 17 heavy (non-hydrogen) atoms. The van der Waals surface area contributed by atoms with Crippen molar-refractivity contribution in [3.05, 3.63) is 28.6 Å². The summed E-state index contributed by atoms with van der Waals surface area (Å²) in [4.78, 5) is 2.86. The van der Waals surface area contributed by atoms with E-state index in [1.807, 2.05) is 0 Å². The molecule has 0 unspecified atom stereocenters. The molecule has 0 aliphatic heterocycles. The Kier molecular flexibility index (Phi) is 4.03. The zero-order chi connectivity index (χ0) is 13.2. The number of halogens is 6. The van der Waals surface area contributed by atoms with E-state index in [1.54, 1.807) is 0 Å². The molecule has 92 valence electrons. The molecule has 0 bridgehead atoms. The smallest absolute Gasteiger partial charge is 0.241 e. The molecular formula is C9H4BrF5N2. The highest BCUT2D eigenvalue weighted by molar-refractivity contribution is 9.08. The Morgan fingerprint density at radius 2 is 2.00 bits per heavy atom. The van der Waals surface area contributed by atoms with Crippen molar-refractivity contribution >= 4 is 15.9 Å². The van der Waals surface area contributed by atoms with Crippen molar-refractivity contribution in [2.45, 2.75) is 17.9 Å². The van der Waals surface area contributed by atoms with Crippen molar-refractivity contribution in [1.29, 1.82) is 5.26 Å². The van der Waals surface area contributed by atoms with Gasteiger partial charge in [0.1, 0.15) is 17.5 Å². The van der Waals surface area contributed by atoms with Crippen LogP contribution >= 0.6 is 15.9 Å². The standard InChI is InChI=1S/C9H4BrF5N2/c10-2-4-1-5(3-16)6(8(11)12)17-7(4)9(13,14)15/h1,8H,2H2. The van der Waals surface area contributed by atoms with Crippen molar-refractivity contribution in [3.8, 4) is 6.07 Å². The number of nitrogens with zero attached hydrogens (tertiary/aromatic N) is 2. The molecule has 0 saturated carbocycles. The quantitative estimate of drug-likeness (QED) is 0.615. The Hall–Kier alpha value is -1.23. The molecule has 8 heteroatoms. The van der Waals surface area contributed by atoms with Crippen LogP contribution < -0.4 is 0 Å². The average molecular weight is 315 g/mol. The van der Waals surface area contributed by atoms with Crippen LogP contribution in [0.4, 0.5) is 22.0 Å². The van der Waals surface area contributed by atoms with Gasteiger partial charge in [-0.05, 0) is 11.6 Å². The van der Waals surface area contributed by atoms with Crippen LogP contribution in [0.2, 0.25) is 0 Å². The molecule has 1 heterocycles. The van der Waals surface area contributed by atoms with E-state index in [9.17, 15) is 22.0 Å². The maximum absolute atomic E-state index is 12.5. The summed E-state index contributed by atoms with van der Waals surface area (Å²) in [6, 6.07) is 2.17. The van der Waals surface area contributed by atoms with Gasteiger partial charge in [0.15, 0.2) is 0 Å². The highest BCUT2D eigenvalue weighted by atomic mass is 79.9. The Morgan fingerprint density at radius 1 is 1.41 bits per heavy atom. The van der Waals surface area contributed by atoms with E-state index in [0.29, 0.717) is 0 Å². The van der Waals surface area contributed by atoms with Crippen LogP contribution in [-0.4, -0.2) is 4.98 Å². The molecule has 0 atom stereocenters. The van der Waals surface area contributed by atoms with Crippen molar-refractivity contribution in [3.63, 3.8) is 0 Å². The van der Waals surface area contributed by atoms with Crippen LogP contribution in [0.1, 0.15) is 28.9 Å². The van der Waals surface area contributed by atoms with Gasteiger partial charge in [-0.2, -0.15) is 18.4 Å². The molecule has 0 radical (unpaired) electrons. The summed E-state index contributed by atoms with van der Waals surface area (Å²) in [6.45, 7) is 0. The van der Waals surface area contributed by atoms with Crippen LogP contribution in [0.3, 0.4) is 0 Å². The van der Waals surface area contributed by atoms with Gasteiger partial charge in [-0.3, -0.25) is 0 Å². The second-order valence-electron chi connectivity index (χ2n) is 2.97. The minimum atomic E-state index is -4.83. The molecule has 0 fully saturated rings. The highest BCUT2D eigenvalue weighted by Crippen LogP contribution is 2.34. The summed E-state index contributed by atoms with van der Waals surface area (Å²) in [5, 5.41) is 8.33. The Balaban J connectivity index is 3.52. The third kappa shape index (κ3) is 2.91. The SMILES string of the molecule is N#Cc1cc(CBr)c(C(F)(F)F)nc1C(F)F. The number of pyridine rings is 1. The zero-order valence-corrected chi connectivity index (χ0v) is 9.61. The second kappa shape index (κ2) is 4.96. The van der Waals surface area contributed by atoms with Gasteiger partial charge >= 0.3 is 6.18 Å². The van der Waals surface area contributed by atoms with Crippen LogP contribution in [0.5, 0.6) is 0 Å². The summed E-state index contributed by atoms with van der Waals surface area (Å²) in [7, 11) is 0. The van der Waals surface area contributed by atoms with Gasteiger partial charge in [0.25, 0.3) is 6.43 Å². The number of rotatable bonds is 2. The van der Waals surface area contributed by atoms with E-state index in [-0.39, 0.29) is 10.9 Å². The lowest BCUT2D eigenvalue weighted by atomic mass is 10.1. The Labute approximate surface area is 101 Å². The predicted molar refractivity (Wildman–Crippen MR) is 51.5 cm³/mol. The molecule has 2 nitrogen and oxygen atoms in total. The second-order valence-corrected chi connectivity index (χ2v) is 3.53. The summed E-state index contributed by atoms with van der Waals surface area (Å²) in [5.41, 5.74) is -3.45. The fourth-order valence-corrected chi connectivity index (χ4v) is 1.60. The van der Waals surface area contributed by atoms with Gasteiger partial charge in [-0.15, -0.1) is 0 Å². The maximum Gasteiger partial charge on any atom is 0.433 e. The lowest BCUT2D eigenvalue weighted by Gasteiger charge is -2.12. The molecule has 0 aliphatic carbocycles. The first-order chi connectivity index (χ1) is 7.81. The van der Waals surface area contributed by atoms with Crippen molar-refractivity contribution in [2.24, 2.45) is 0 Å². The highest BCUT2D eigenvalue weighted by Gasteiger charge is 2.37. The summed E-state index contributed by atoms with van der Waals surface area (Å²) < 4.78 is 62.4. The van der Waals surface area contributed by atoms with Crippen LogP contribution in [0.15, 0.2) is 6.07 Å². The number of aromatic nitrogens is 1. The first-order valence-electron chi connectivity index (χ1n) is 4.16. The number of alkyl halides is 6. The Bertz CT molecular complexity index is 464. The Morgan fingerprint density at radius 3 is 2.35 bits per heavy atom. The third-order valence-corrected chi connectivity index (χ3v) is 2.47. The largest absolute Gasteiger partial charge is 0.433 e. The van der Waals surface area contributed by atoms with Crippen LogP contribution in [-0.2, 0) is 11.5 Å². The van der Waals surface area contributed by atoms with E-state index in [1.165, 1.54) is 6.07 Å².